The van der Waals surface area contributed by atoms with Gasteiger partial charge in [-0.05, 0) is 38.1 Å². The number of Topliss-reactive ketones (excluding diaryl/α,β-unsaturated/α-hetero) is 1. The third-order valence-electron chi connectivity index (χ3n) is 3.70. The molecule has 1 heterocycles. The molecule has 6 heteroatoms. The van der Waals surface area contributed by atoms with Gasteiger partial charge in [0.1, 0.15) is 6.54 Å². The molecule has 0 spiro atoms. The number of halogens is 2. The van der Waals surface area contributed by atoms with Crippen molar-refractivity contribution in [3.05, 3.63) is 52.2 Å². The highest BCUT2D eigenvalue weighted by molar-refractivity contribution is 6.47. The van der Waals surface area contributed by atoms with Gasteiger partial charge in [-0.3, -0.25) is 9.80 Å². The maximum absolute atomic E-state index is 12.4. The second kappa shape index (κ2) is 7.66. The van der Waals surface area contributed by atoms with Crippen molar-refractivity contribution in [1.82, 2.24) is 5.01 Å². The van der Waals surface area contributed by atoms with Gasteiger partial charge in [0.2, 0.25) is 0 Å². The van der Waals surface area contributed by atoms with E-state index in [0.717, 1.165) is 18.8 Å². The van der Waals surface area contributed by atoms with E-state index >= 15 is 0 Å². The summed E-state index contributed by atoms with van der Waals surface area (Å²) in [7, 11) is 0. The van der Waals surface area contributed by atoms with Crippen molar-refractivity contribution < 1.29 is 4.79 Å². The van der Waals surface area contributed by atoms with E-state index in [0.29, 0.717) is 21.3 Å². The molecule has 0 N–H and O–H groups in total. The van der Waals surface area contributed by atoms with Crippen molar-refractivity contribution in [2.75, 3.05) is 24.5 Å². The van der Waals surface area contributed by atoms with Crippen LogP contribution in [-0.4, -0.2) is 36.6 Å². The highest BCUT2D eigenvalue weighted by atomic mass is 35.5. The summed E-state index contributed by atoms with van der Waals surface area (Å²) in [5, 5.41) is 6.17. The molecule has 122 valence electrons. The van der Waals surface area contributed by atoms with Crippen LogP contribution < -0.4 is 4.90 Å². The van der Waals surface area contributed by atoms with E-state index in [1.165, 1.54) is 11.2 Å². The Morgan fingerprint density at radius 3 is 2.39 bits per heavy atom. The average Bonchev–Trinajstić information content (AvgIpc) is 2.57. The van der Waals surface area contributed by atoms with Crippen LogP contribution in [-0.2, 0) is 0 Å². The Hall–Kier alpha value is -1.78. The molecule has 1 aromatic rings. The normalized spacial score (nSPS) is 14.4. The second-order valence-corrected chi connectivity index (χ2v) is 5.84. The summed E-state index contributed by atoms with van der Waals surface area (Å²) in [5.41, 5.74) is 2.15. The van der Waals surface area contributed by atoms with Crippen molar-refractivity contribution >= 4 is 40.9 Å². The van der Waals surface area contributed by atoms with Crippen LogP contribution in [0.4, 0.5) is 5.69 Å². The Labute approximate surface area is 146 Å². The molecule has 0 fully saturated rings. The molecule has 4 nitrogen and oxygen atoms in total. The summed E-state index contributed by atoms with van der Waals surface area (Å²) < 4.78 is 0. The molecular formula is C17H19Cl2N3O. The number of hydrazone groups is 1. The van der Waals surface area contributed by atoms with Gasteiger partial charge in [-0.25, -0.2) is 0 Å². The molecular weight excluding hydrogens is 333 g/mol. The van der Waals surface area contributed by atoms with Crippen LogP contribution in [0.1, 0.15) is 24.2 Å². The number of ketones is 1. The molecule has 1 aliphatic heterocycles. The van der Waals surface area contributed by atoms with Gasteiger partial charge in [0.15, 0.2) is 5.78 Å². The van der Waals surface area contributed by atoms with Gasteiger partial charge >= 0.3 is 0 Å². The fourth-order valence-corrected chi connectivity index (χ4v) is 2.61. The van der Waals surface area contributed by atoms with E-state index in [1.807, 2.05) is 24.3 Å². The van der Waals surface area contributed by atoms with Crippen molar-refractivity contribution in [3.63, 3.8) is 0 Å². The van der Waals surface area contributed by atoms with Crippen LogP contribution in [0.15, 0.2) is 51.7 Å². The molecule has 0 atom stereocenters. The molecule has 0 saturated carbocycles. The van der Waals surface area contributed by atoms with Crippen molar-refractivity contribution in [3.8, 4) is 0 Å². The third kappa shape index (κ3) is 3.95. The molecule has 23 heavy (non-hydrogen) atoms. The van der Waals surface area contributed by atoms with Gasteiger partial charge in [0, 0.05) is 24.3 Å². The highest BCUT2D eigenvalue weighted by Gasteiger charge is 2.20. The lowest BCUT2D eigenvalue weighted by atomic mass is 10.1. The number of benzene rings is 1. The Morgan fingerprint density at radius 1 is 1.22 bits per heavy atom. The molecule has 1 aromatic carbocycles. The SMILES string of the molecule is C=C1C(Cl)=C(Cl)C=NN1CC(=O)c1ccc(N(CC)CC)cc1. The zero-order valence-corrected chi connectivity index (χ0v) is 14.7. The fourth-order valence-electron chi connectivity index (χ4n) is 2.31. The predicted molar refractivity (Wildman–Crippen MR) is 97.4 cm³/mol. The molecule has 0 aromatic heterocycles. The molecule has 0 radical (unpaired) electrons. The number of hydrogen-bond donors (Lipinski definition) is 0. The van der Waals surface area contributed by atoms with E-state index in [1.54, 1.807) is 0 Å². The first-order chi connectivity index (χ1) is 11.0. The Balaban J connectivity index is 2.07. The van der Waals surface area contributed by atoms with Crippen LogP contribution in [0.3, 0.4) is 0 Å². The van der Waals surface area contributed by atoms with Gasteiger partial charge in [-0.1, -0.05) is 29.8 Å². The zero-order chi connectivity index (χ0) is 17.0. The molecule has 0 aliphatic carbocycles. The summed E-state index contributed by atoms with van der Waals surface area (Å²) in [4.78, 5) is 14.6. The smallest absolute Gasteiger partial charge is 0.184 e. The van der Waals surface area contributed by atoms with Gasteiger partial charge < -0.3 is 4.90 Å². The number of anilines is 1. The monoisotopic (exact) mass is 351 g/mol. The first kappa shape index (κ1) is 17.6. The molecule has 0 unspecified atom stereocenters. The Morgan fingerprint density at radius 2 is 1.83 bits per heavy atom. The van der Waals surface area contributed by atoms with Crippen LogP contribution in [0, 0.1) is 0 Å². The summed E-state index contributed by atoms with van der Waals surface area (Å²) in [6.07, 6.45) is 1.41. The minimum absolute atomic E-state index is 0.0584. The van der Waals surface area contributed by atoms with Crippen molar-refractivity contribution in [2.24, 2.45) is 5.10 Å². The average molecular weight is 352 g/mol. The van der Waals surface area contributed by atoms with E-state index < -0.39 is 0 Å². The Bertz CT molecular complexity index is 661. The fraction of sp³-hybridized carbons (Fsp3) is 0.294. The Kier molecular flexibility index (Phi) is 5.85. The van der Waals surface area contributed by atoms with E-state index in [9.17, 15) is 4.79 Å². The number of allylic oxidation sites excluding steroid dienone is 2. The molecule has 1 aliphatic rings. The van der Waals surface area contributed by atoms with Crippen LogP contribution in [0.25, 0.3) is 0 Å². The van der Waals surface area contributed by atoms with Crippen LogP contribution in [0.2, 0.25) is 0 Å². The summed E-state index contributed by atoms with van der Waals surface area (Å²) in [6, 6.07) is 7.57. The number of nitrogens with zero attached hydrogens (tertiary/aromatic N) is 3. The summed E-state index contributed by atoms with van der Waals surface area (Å²) >= 11 is 11.9. The molecule has 0 bridgehead atoms. The third-order valence-corrected chi connectivity index (χ3v) is 4.50. The van der Waals surface area contributed by atoms with Crippen molar-refractivity contribution in [1.29, 1.82) is 0 Å². The zero-order valence-electron chi connectivity index (χ0n) is 13.2. The topological polar surface area (TPSA) is 35.9 Å². The number of carbonyl (C=O) groups is 1. The quantitative estimate of drug-likeness (QED) is 0.719. The second-order valence-electron chi connectivity index (χ2n) is 5.05. The minimum atomic E-state index is -0.0584. The van der Waals surface area contributed by atoms with E-state index in [4.69, 9.17) is 23.2 Å². The first-order valence-electron chi connectivity index (χ1n) is 7.42. The van der Waals surface area contributed by atoms with Gasteiger partial charge in [0.05, 0.1) is 22.0 Å². The lowest BCUT2D eigenvalue weighted by Gasteiger charge is -2.24. The number of rotatable bonds is 6. The van der Waals surface area contributed by atoms with Crippen molar-refractivity contribution in [2.45, 2.75) is 13.8 Å². The van der Waals surface area contributed by atoms with Gasteiger partial charge in [-0.2, -0.15) is 5.10 Å². The number of hydrogen-bond acceptors (Lipinski definition) is 4. The first-order valence-corrected chi connectivity index (χ1v) is 8.17. The lowest BCUT2D eigenvalue weighted by molar-refractivity contribution is 0.0953. The number of carbonyl (C=O) groups excluding carboxylic acids is 1. The van der Waals surface area contributed by atoms with Gasteiger partial charge in [0.25, 0.3) is 0 Å². The molecule has 0 amide bonds. The summed E-state index contributed by atoms with van der Waals surface area (Å²) in [5.74, 6) is -0.0584. The maximum Gasteiger partial charge on any atom is 0.184 e. The van der Waals surface area contributed by atoms with Gasteiger partial charge in [-0.15, -0.1) is 0 Å². The molecule has 2 rings (SSSR count). The highest BCUT2D eigenvalue weighted by Crippen LogP contribution is 2.27. The maximum atomic E-state index is 12.4. The predicted octanol–water partition coefficient (Wildman–Crippen LogP) is 4.22. The van der Waals surface area contributed by atoms with Crippen LogP contribution >= 0.6 is 23.2 Å². The molecule has 0 saturated heterocycles. The van der Waals surface area contributed by atoms with E-state index in [2.05, 4.69) is 30.4 Å². The summed E-state index contributed by atoms with van der Waals surface area (Å²) in [6.45, 7) is 9.94. The van der Waals surface area contributed by atoms with Crippen LogP contribution in [0.5, 0.6) is 0 Å². The minimum Gasteiger partial charge on any atom is -0.372 e. The standard InChI is InChI=1S/C17H19Cl2N3O/c1-4-21(5-2)14-8-6-13(7-9-14)16(23)11-22-12(3)17(19)15(18)10-20-22/h6-10H,3-5,11H2,1-2H3. The largest absolute Gasteiger partial charge is 0.372 e. The lowest BCUT2D eigenvalue weighted by Crippen LogP contribution is -2.27. The van der Waals surface area contributed by atoms with E-state index in [-0.39, 0.29) is 12.3 Å².